The van der Waals surface area contributed by atoms with E-state index in [1.54, 1.807) is 31.2 Å². The highest BCUT2D eigenvalue weighted by Gasteiger charge is 2.10. The maximum atomic E-state index is 12.0. The summed E-state index contributed by atoms with van der Waals surface area (Å²) in [6, 6.07) is 11.8. The number of esters is 1. The number of anilines is 1. The van der Waals surface area contributed by atoms with Crippen LogP contribution in [0, 0.1) is 0 Å². The highest BCUT2D eigenvalue weighted by atomic mass is 16.5. The van der Waals surface area contributed by atoms with Crippen LogP contribution in [-0.2, 0) is 4.74 Å². The van der Waals surface area contributed by atoms with Crippen molar-refractivity contribution in [3.8, 4) is 0 Å². The average molecular weight is 270 g/mol. The number of hydrogen-bond acceptors (Lipinski definition) is 4. The molecule has 0 aliphatic rings. The summed E-state index contributed by atoms with van der Waals surface area (Å²) in [6.07, 6.45) is 1.45. The first-order chi connectivity index (χ1) is 9.70. The number of aromatic nitrogens is 1. The van der Waals surface area contributed by atoms with E-state index in [0.29, 0.717) is 23.6 Å². The molecule has 20 heavy (non-hydrogen) atoms. The van der Waals surface area contributed by atoms with Gasteiger partial charge in [-0.15, -0.1) is 0 Å². The third-order valence-corrected chi connectivity index (χ3v) is 2.55. The zero-order chi connectivity index (χ0) is 14.4. The fourth-order valence-electron chi connectivity index (χ4n) is 1.62. The predicted octanol–water partition coefficient (Wildman–Crippen LogP) is 2.51. The fraction of sp³-hybridized carbons (Fsp3) is 0.133. The van der Waals surface area contributed by atoms with Crippen molar-refractivity contribution in [1.82, 2.24) is 4.98 Å². The molecule has 0 saturated carbocycles. The summed E-state index contributed by atoms with van der Waals surface area (Å²) in [5, 5.41) is 2.64. The Bertz CT molecular complexity index is 612. The van der Waals surface area contributed by atoms with Gasteiger partial charge in [0, 0.05) is 11.8 Å². The van der Waals surface area contributed by atoms with Gasteiger partial charge in [-0.3, -0.25) is 4.79 Å². The van der Waals surface area contributed by atoms with Crippen LogP contribution in [0.3, 0.4) is 0 Å². The molecule has 0 spiro atoms. The first-order valence-electron chi connectivity index (χ1n) is 6.20. The van der Waals surface area contributed by atoms with E-state index in [9.17, 15) is 9.59 Å². The van der Waals surface area contributed by atoms with Gasteiger partial charge >= 0.3 is 5.97 Å². The van der Waals surface area contributed by atoms with Crippen LogP contribution >= 0.6 is 0 Å². The number of amides is 1. The number of ether oxygens (including phenoxy) is 1. The Morgan fingerprint density at radius 3 is 2.60 bits per heavy atom. The molecule has 0 saturated heterocycles. The van der Waals surface area contributed by atoms with E-state index in [2.05, 4.69) is 10.3 Å². The van der Waals surface area contributed by atoms with E-state index in [1.807, 2.05) is 6.07 Å². The molecule has 1 aromatic heterocycles. The minimum Gasteiger partial charge on any atom is -0.462 e. The number of pyridine rings is 1. The van der Waals surface area contributed by atoms with Crippen molar-refractivity contribution in [2.45, 2.75) is 6.92 Å². The normalized spacial score (nSPS) is 9.85. The molecule has 5 heteroatoms. The molecule has 1 aromatic carbocycles. The topological polar surface area (TPSA) is 68.3 Å². The molecule has 0 radical (unpaired) electrons. The number of hydrogen-bond donors (Lipinski definition) is 1. The molecule has 2 rings (SSSR count). The lowest BCUT2D eigenvalue weighted by molar-refractivity contribution is 0.0526. The molecular formula is C15H14N2O3. The predicted molar refractivity (Wildman–Crippen MR) is 74.6 cm³/mol. The largest absolute Gasteiger partial charge is 0.462 e. The van der Waals surface area contributed by atoms with E-state index >= 15 is 0 Å². The Kier molecular flexibility index (Phi) is 4.44. The number of nitrogens with zero attached hydrogens (tertiary/aromatic N) is 1. The molecule has 102 valence electrons. The van der Waals surface area contributed by atoms with Gasteiger partial charge in [-0.25, -0.2) is 9.78 Å². The highest BCUT2D eigenvalue weighted by molar-refractivity contribution is 6.04. The molecule has 5 nitrogen and oxygen atoms in total. The number of nitrogens with one attached hydrogen (secondary N) is 1. The van der Waals surface area contributed by atoms with Gasteiger partial charge < -0.3 is 10.1 Å². The summed E-state index contributed by atoms with van der Waals surface area (Å²) < 4.78 is 4.89. The zero-order valence-corrected chi connectivity index (χ0v) is 11.0. The minimum atomic E-state index is -0.440. The molecule has 0 fully saturated rings. The molecule has 1 amide bonds. The number of carbonyl (C=O) groups excluding carboxylic acids is 2. The molecule has 1 heterocycles. The van der Waals surface area contributed by atoms with E-state index in [0.717, 1.165) is 0 Å². The Morgan fingerprint density at radius 1 is 1.15 bits per heavy atom. The van der Waals surface area contributed by atoms with Gasteiger partial charge in [0.2, 0.25) is 0 Å². The lowest BCUT2D eigenvalue weighted by atomic mass is 10.2. The van der Waals surface area contributed by atoms with Crippen molar-refractivity contribution in [3.63, 3.8) is 0 Å². The molecule has 0 aliphatic carbocycles. The number of benzene rings is 1. The Hall–Kier alpha value is -2.69. The molecule has 0 bridgehead atoms. The Labute approximate surface area is 116 Å². The average Bonchev–Trinajstić information content (AvgIpc) is 2.48. The van der Waals surface area contributed by atoms with Crippen molar-refractivity contribution in [1.29, 1.82) is 0 Å². The summed E-state index contributed by atoms with van der Waals surface area (Å²) in [5.74, 6) is -0.409. The van der Waals surface area contributed by atoms with Gasteiger partial charge in [0.25, 0.3) is 5.91 Å². The molecule has 1 N–H and O–H groups in total. The van der Waals surface area contributed by atoms with Crippen LogP contribution < -0.4 is 5.32 Å². The van der Waals surface area contributed by atoms with Gasteiger partial charge in [0.1, 0.15) is 5.82 Å². The molecule has 0 unspecified atom stereocenters. The Balaban J connectivity index is 2.12. The highest BCUT2D eigenvalue weighted by Crippen LogP contribution is 2.10. The smallest absolute Gasteiger partial charge is 0.338 e. The van der Waals surface area contributed by atoms with Crippen LogP contribution in [0.5, 0.6) is 0 Å². The third kappa shape index (κ3) is 3.41. The van der Waals surface area contributed by atoms with Crippen LogP contribution in [0.1, 0.15) is 27.6 Å². The standard InChI is InChI=1S/C15H14N2O3/c1-2-20-15(19)12-8-9-16-13(10-12)17-14(18)11-6-4-3-5-7-11/h3-10H,2H2,1H3,(H,16,17,18). The van der Waals surface area contributed by atoms with Crippen LogP contribution in [0.15, 0.2) is 48.7 Å². The second kappa shape index (κ2) is 6.47. The molecule has 0 atom stereocenters. The van der Waals surface area contributed by atoms with Crippen LogP contribution in [0.2, 0.25) is 0 Å². The maximum Gasteiger partial charge on any atom is 0.338 e. The summed E-state index contributed by atoms with van der Waals surface area (Å²) >= 11 is 0. The van der Waals surface area contributed by atoms with Gasteiger partial charge in [0.15, 0.2) is 0 Å². The second-order valence-corrected chi connectivity index (χ2v) is 3.97. The van der Waals surface area contributed by atoms with Crippen molar-refractivity contribution in [3.05, 3.63) is 59.8 Å². The van der Waals surface area contributed by atoms with Gasteiger partial charge in [0.05, 0.1) is 12.2 Å². The summed E-state index contributed by atoms with van der Waals surface area (Å²) in [4.78, 5) is 27.6. The van der Waals surface area contributed by atoms with E-state index in [1.165, 1.54) is 18.3 Å². The number of rotatable bonds is 4. The zero-order valence-electron chi connectivity index (χ0n) is 11.0. The third-order valence-electron chi connectivity index (χ3n) is 2.55. The van der Waals surface area contributed by atoms with Crippen molar-refractivity contribution >= 4 is 17.7 Å². The monoisotopic (exact) mass is 270 g/mol. The van der Waals surface area contributed by atoms with Crippen LogP contribution in [0.4, 0.5) is 5.82 Å². The first-order valence-corrected chi connectivity index (χ1v) is 6.20. The quantitative estimate of drug-likeness (QED) is 0.867. The van der Waals surface area contributed by atoms with Crippen molar-refractivity contribution < 1.29 is 14.3 Å². The minimum absolute atomic E-state index is 0.279. The van der Waals surface area contributed by atoms with Gasteiger partial charge in [-0.2, -0.15) is 0 Å². The van der Waals surface area contributed by atoms with E-state index in [-0.39, 0.29) is 5.91 Å². The molecule has 2 aromatic rings. The fourth-order valence-corrected chi connectivity index (χ4v) is 1.62. The van der Waals surface area contributed by atoms with Gasteiger partial charge in [-0.05, 0) is 31.2 Å². The SMILES string of the molecule is CCOC(=O)c1ccnc(NC(=O)c2ccccc2)c1. The van der Waals surface area contributed by atoms with E-state index in [4.69, 9.17) is 4.74 Å². The second-order valence-electron chi connectivity index (χ2n) is 3.97. The van der Waals surface area contributed by atoms with Crippen molar-refractivity contribution in [2.75, 3.05) is 11.9 Å². The lowest BCUT2D eigenvalue weighted by Crippen LogP contribution is -2.13. The Morgan fingerprint density at radius 2 is 1.90 bits per heavy atom. The summed E-state index contributed by atoms with van der Waals surface area (Å²) in [7, 11) is 0. The van der Waals surface area contributed by atoms with E-state index < -0.39 is 5.97 Å². The van der Waals surface area contributed by atoms with Crippen molar-refractivity contribution in [2.24, 2.45) is 0 Å². The maximum absolute atomic E-state index is 12.0. The first kappa shape index (κ1) is 13.7. The molecular weight excluding hydrogens is 256 g/mol. The summed E-state index contributed by atoms with van der Waals surface area (Å²) in [5.41, 5.74) is 0.876. The van der Waals surface area contributed by atoms with Gasteiger partial charge in [-0.1, -0.05) is 18.2 Å². The number of carbonyl (C=O) groups is 2. The van der Waals surface area contributed by atoms with Crippen LogP contribution in [-0.4, -0.2) is 23.5 Å². The molecule has 0 aliphatic heterocycles. The lowest BCUT2D eigenvalue weighted by Gasteiger charge is -2.06. The van der Waals surface area contributed by atoms with Crippen LogP contribution in [0.25, 0.3) is 0 Å². The summed E-state index contributed by atoms with van der Waals surface area (Å²) in [6.45, 7) is 2.03.